The van der Waals surface area contributed by atoms with Gasteiger partial charge in [-0.05, 0) is 0 Å². The van der Waals surface area contributed by atoms with Gasteiger partial charge in [0.05, 0.1) is 0 Å². The molecule has 0 aliphatic rings. The van der Waals surface area contributed by atoms with E-state index in [-0.39, 0.29) is 6.16 Å². The number of rotatable bonds is 14. The van der Waals surface area contributed by atoms with Crippen LogP contribution in [0.15, 0.2) is 194 Å². The van der Waals surface area contributed by atoms with E-state index in [1.165, 1.54) is 38.2 Å². The molecule has 8 rings (SSSR count). The summed E-state index contributed by atoms with van der Waals surface area (Å²) >= 11 is 8.25. The van der Waals surface area contributed by atoms with Gasteiger partial charge < -0.3 is 0 Å². The van der Waals surface area contributed by atoms with Gasteiger partial charge in [0.15, 0.2) is 0 Å². The van der Waals surface area contributed by atoms with Crippen molar-refractivity contribution in [2.75, 3.05) is 14.2 Å². The Balaban J connectivity index is 0.000000203. The molecule has 0 aliphatic heterocycles. The van der Waals surface area contributed by atoms with Crippen molar-refractivity contribution >= 4 is 63.7 Å². The number of methoxy groups -OCH3 is 2. The average molecular weight is 984 g/mol. The molecule has 0 radical (unpaired) electrons. The van der Waals surface area contributed by atoms with Gasteiger partial charge in [0.1, 0.15) is 0 Å². The topological polar surface area (TPSA) is 85.2 Å². The average Bonchev–Trinajstić information content (AvgIpc) is 3.32. The fraction of sp³-hybridized carbons (Fsp3) is 0.172. The van der Waals surface area contributed by atoms with Gasteiger partial charge in [0.2, 0.25) is 0 Å². The van der Waals surface area contributed by atoms with Crippen molar-refractivity contribution in [3.63, 3.8) is 0 Å². The van der Waals surface area contributed by atoms with E-state index < -0.39 is 20.6 Å². The van der Waals surface area contributed by atoms with Crippen molar-refractivity contribution in [1.29, 1.82) is 0 Å². The monoisotopic (exact) mass is 982 g/mol. The molecule has 0 aliphatic carbocycles. The van der Waals surface area contributed by atoms with Gasteiger partial charge in [-0.1, -0.05) is 0 Å². The summed E-state index contributed by atoms with van der Waals surface area (Å²) in [6.45, 7) is 7.95. The minimum atomic E-state index is -5.02. The number of halogens is 1. The standard InChI is InChI=1S/C29H30ClOP.C29H32O5P2/c1-22-8-14-27(15-9-22)32(30,28-16-10-23(2)11-17-28,29-18-12-24(3)13-19-29)21-25-6-5-7-26(20-25)31-4;1-22-9-5-14-27(17-22)36(34-35(30,31)32,28-15-6-10-23(2)18-28,29-16-7-11-24(3)19-29)21-25-12-8-13-26(20-25)33-4/h5-20H,21H2,1-4H3;5-20H,21H2,1-4H3,(H2,30,31,32). The summed E-state index contributed by atoms with van der Waals surface area (Å²) in [6, 6.07) is 65.8. The molecule has 352 valence electrons. The SMILES string of the molecule is COc1cccc(CP(Cl)(c2ccc(C)cc2)(c2ccc(C)cc2)c2ccc(C)cc2)c1.COc1cccc(CP(OP(=O)(O)O)(c2cccc(C)c2)(c2cccc(C)c2)c2cccc(C)c2)c1. The van der Waals surface area contributed by atoms with E-state index in [9.17, 15) is 14.4 Å². The maximum atomic E-state index is 13.0. The van der Waals surface area contributed by atoms with Gasteiger partial charge in [0, 0.05) is 0 Å². The molecule has 10 heteroatoms. The van der Waals surface area contributed by atoms with E-state index in [0.29, 0.717) is 11.9 Å². The summed E-state index contributed by atoms with van der Waals surface area (Å²) < 4.78 is 30.4. The van der Waals surface area contributed by atoms with Crippen LogP contribution < -0.4 is 41.3 Å². The molecule has 0 bridgehead atoms. The number of hydrogen-bond donors (Lipinski definition) is 2. The molecule has 68 heavy (non-hydrogen) atoms. The zero-order valence-corrected chi connectivity index (χ0v) is 43.6. The van der Waals surface area contributed by atoms with Crippen molar-refractivity contribution < 1.29 is 28.1 Å². The molecular weight excluding hydrogens is 921 g/mol. The van der Waals surface area contributed by atoms with Gasteiger partial charge in [-0.25, -0.2) is 0 Å². The molecular formula is C58H62ClO6P3. The number of aryl methyl sites for hydroxylation is 6. The zero-order valence-electron chi connectivity index (χ0n) is 40.1. The summed E-state index contributed by atoms with van der Waals surface area (Å²) in [5.41, 5.74) is 8.62. The summed E-state index contributed by atoms with van der Waals surface area (Å²) in [6.07, 6.45) is 0.948. The van der Waals surface area contributed by atoms with Crippen LogP contribution in [0.5, 0.6) is 11.5 Å². The molecule has 0 amide bonds. The van der Waals surface area contributed by atoms with Crippen LogP contribution in [-0.4, -0.2) is 24.0 Å². The summed E-state index contributed by atoms with van der Waals surface area (Å²) in [5.74, 6) is -1.86. The Bertz CT molecular complexity index is 2850. The van der Waals surface area contributed by atoms with Crippen LogP contribution >= 0.6 is 31.8 Å². The first-order valence-electron chi connectivity index (χ1n) is 22.6. The predicted molar refractivity (Wildman–Crippen MR) is 291 cm³/mol. The quantitative estimate of drug-likeness (QED) is 0.106. The zero-order chi connectivity index (χ0) is 48.8. The second kappa shape index (κ2) is 20.3. The van der Waals surface area contributed by atoms with E-state index in [1.807, 2.05) is 130 Å². The molecule has 6 nitrogen and oxygen atoms in total. The number of hydrogen-bond acceptors (Lipinski definition) is 4. The second-order valence-electron chi connectivity index (χ2n) is 18.0. The second-order valence-corrected chi connectivity index (χ2v) is 30.4. The van der Waals surface area contributed by atoms with E-state index in [4.69, 9.17) is 25.0 Å². The van der Waals surface area contributed by atoms with Crippen molar-refractivity contribution in [2.24, 2.45) is 0 Å². The third-order valence-corrected chi connectivity index (χ3v) is 27.5. The van der Waals surface area contributed by atoms with Crippen molar-refractivity contribution in [2.45, 2.75) is 53.9 Å². The first-order chi connectivity index (χ1) is 32.4. The van der Waals surface area contributed by atoms with E-state index in [1.54, 1.807) is 14.2 Å². The molecule has 0 unspecified atom stereocenters. The first kappa shape index (κ1) is 50.5. The van der Waals surface area contributed by atoms with Crippen LogP contribution in [0.2, 0.25) is 0 Å². The molecule has 0 atom stereocenters. The van der Waals surface area contributed by atoms with E-state index in [2.05, 4.69) is 106 Å². The predicted octanol–water partition coefficient (Wildman–Crippen LogP) is 12.5. The third kappa shape index (κ3) is 10.2. The first-order valence-corrected chi connectivity index (χ1v) is 29.8. The Kier molecular flexibility index (Phi) is 15.1. The Morgan fingerprint density at radius 3 is 1.04 bits per heavy atom. The molecule has 0 aromatic heterocycles. The molecule has 0 saturated heterocycles. The van der Waals surface area contributed by atoms with Crippen molar-refractivity contribution in [3.8, 4) is 11.5 Å². The van der Waals surface area contributed by atoms with Crippen LogP contribution in [0.1, 0.15) is 44.5 Å². The molecule has 0 fully saturated rings. The number of benzene rings is 8. The molecule has 8 aromatic rings. The Hall–Kier alpha value is -5.38. The van der Waals surface area contributed by atoms with Crippen LogP contribution in [0.25, 0.3) is 0 Å². The summed E-state index contributed by atoms with van der Waals surface area (Å²) in [7, 11) is -1.71. The van der Waals surface area contributed by atoms with E-state index in [0.717, 1.165) is 43.9 Å². The number of ether oxygens (including phenoxy) is 2. The van der Waals surface area contributed by atoms with Crippen molar-refractivity contribution in [3.05, 3.63) is 239 Å². The van der Waals surface area contributed by atoms with Crippen molar-refractivity contribution in [1.82, 2.24) is 0 Å². The van der Waals surface area contributed by atoms with Gasteiger partial charge >= 0.3 is 410 Å². The Labute approximate surface area is 407 Å². The Morgan fingerprint density at radius 2 is 0.735 bits per heavy atom. The molecule has 0 heterocycles. The van der Waals surface area contributed by atoms with E-state index >= 15 is 0 Å². The fourth-order valence-corrected chi connectivity index (χ4v) is 23.7. The molecule has 0 saturated carbocycles. The fourth-order valence-electron chi connectivity index (χ4n) is 9.41. The van der Waals surface area contributed by atoms with Gasteiger partial charge in [-0.3, -0.25) is 0 Å². The molecule has 8 aromatic carbocycles. The minimum absolute atomic E-state index is 0.240. The molecule has 2 N–H and O–H groups in total. The van der Waals surface area contributed by atoms with Crippen LogP contribution in [0.3, 0.4) is 0 Å². The summed E-state index contributed by atoms with van der Waals surface area (Å²) in [4.78, 5) is 21.2. The number of phosphoric acid groups is 1. The molecule has 0 spiro atoms. The van der Waals surface area contributed by atoms with Crippen LogP contribution in [0.4, 0.5) is 0 Å². The maximum absolute atomic E-state index is 13.0. The van der Waals surface area contributed by atoms with Gasteiger partial charge in [-0.15, -0.1) is 0 Å². The summed E-state index contributed by atoms with van der Waals surface area (Å²) in [5, 5.41) is 5.80. The Morgan fingerprint density at radius 1 is 0.412 bits per heavy atom. The normalized spacial score (nSPS) is 12.9. The van der Waals surface area contributed by atoms with Crippen LogP contribution in [-0.2, 0) is 21.2 Å². The third-order valence-electron chi connectivity index (χ3n) is 12.9. The van der Waals surface area contributed by atoms with Gasteiger partial charge in [-0.2, -0.15) is 0 Å². The van der Waals surface area contributed by atoms with Crippen LogP contribution in [0, 0.1) is 41.5 Å². The van der Waals surface area contributed by atoms with Gasteiger partial charge in [0.25, 0.3) is 0 Å².